The van der Waals surface area contributed by atoms with Gasteiger partial charge in [-0.1, -0.05) is 119 Å². The third-order valence-electron chi connectivity index (χ3n) is 7.36. The molecule has 0 aromatic heterocycles. The summed E-state index contributed by atoms with van der Waals surface area (Å²) < 4.78 is 0. The minimum absolute atomic E-state index is 0.679. The average Bonchev–Trinajstić information content (AvgIpc) is 2.96. The fourth-order valence-corrected chi connectivity index (χ4v) is 6.41. The van der Waals surface area contributed by atoms with Crippen molar-refractivity contribution in [3.8, 4) is 55.6 Å². The van der Waals surface area contributed by atoms with E-state index in [1.807, 2.05) is 72.8 Å². The van der Waals surface area contributed by atoms with Crippen LogP contribution in [0.25, 0.3) is 55.6 Å². The monoisotopic (exact) mass is 622 g/mol. The van der Waals surface area contributed by atoms with Gasteiger partial charge in [0.2, 0.25) is 0 Å². The SMILES string of the molecule is Cc1cc(-c2cccc(Cl)c2)c(-c2c(-c3cccc(Cl)c3)cc(C)cc2-c2cccc(Cl)c2)c(-c2cccc(Cl)c2)c1. The van der Waals surface area contributed by atoms with E-state index in [2.05, 4.69) is 62.4 Å². The predicted molar refractivity (Wildman–Crippen MR) is 183 cm³/mol. The molecule has 0 fully saturated rings. The Hall–Kier alpha value is -3.52. The third-order valence-corrected chi connectivity index (χ3v) is 8.30. The van der Waals surface area contributed by atoms with Crippen LogP contribution in [0.2, 0.25) is 20.1 Å². The fraction of sp³-hybridized carbons (Fsp3) is 0.0526. The van der Waals surface area contributed by atoms with Crippen molar-refractivity contribution in [3.05, 3.63) is 153 Å². The minimum Gasteiger partial charge on any atom is -0.0843 e. The number of hydrogen-bond donors (Lipinski definition) is 0. The van der Waals surface area contributed by atoms with E-state index >= 15 is 0 Å². The lowest BCUT2D eigenvalue weighted by atomic mass is 9.79. The molecule has 0 spiro atoms. The summed E-state index contributed by atoms with van der Waals surface area (Å²) in [5, 5.41) is 2.72. The van der Waals surface area contributed by atoms with Crippen LogP contribution in [0.5, 0.6) is 0 Å². The van der Waals surface area contributed by atoms with Crippen LogP contribution in [-0.4, -0.2) is 0 Å². The van der Waals surface area contributed by atoms with Crippen LogP contribution in [0.15, 0.2) is 121 Å². The van der Waals surface area contributed by atoms with E-state index < -0.39 is 0 Å². The summed E-state index contributed by atoms with van der Waals surface area (Å²) in [5.74, 6) is 0. The Balaban J connectivity index is 1.84. The number of hydrogen-bond acceptors (Lipinski definition) is 0. The minimum atomic E-state index is 0.679. The molecule has 6 rings (SSSR count). The van der Waals surface area contributed by atoms with E-state index in [1.165, 1.54) is 0 Å². The lowest BCUT2D eigenvalue weighted by Gasteiger charge is -2.24. The van der Waals surface area contributed by atoms with Gasteiger partial charge < -0.3 is 0 Å². The van der Waals surface area contributed by atoms with Gasteiger partial charge in [0, 0.05) is 20.1 Å². The highest BCUT2D eigenvalue weighted by Gasteiger charge is 2.23. The zero-order valence-electron chi connectivity index (χ0n) is 23.1. The van der Waals surface area contributed by atoms with Crippen molar-refractivity contribution in [1.82, 2.24) is 0 Å². The molecule has 6 aromatic carbocycles. The highest BCUT2D eigenvalue weighted by molar-refractivity contribution is 6.32. The Kier molecular flexibility index (Phi) is 8.17. The molecule has 0 radical (unpaired) electrons. The summed E-state index contributed by atoms with van der Waals surface area (Å²) >= 11 is 26.3. The van der Waals surface area contributed by atoms with Crippen molar-refractivity contribution in [2.75, 3.05) is 0 Å². The van der Waals surface area contributed by atoms with Gasteiger partial charge in [0.25, 0.3) is 0 Å². The first-order valence-electron chi connectivity index (χ1n) is 13.6. The molecule has 42 heavy (non-hydrogen) atoms. The molecule has 0 amide bonds. The zero-order valence-corrected chi connectivity index (χ0v) is 26.1. The van der Waals surface area contributed by atoms with E-state index in [-0.39, 0.29) is 0 Å². The van der Waals surface area contributed by atoms with E-state index in [0.717, 1.165) is 66.8 Å². The third kappa shape index (κ3) is 5.87. The maximum absolute atomic E-state index is 6.57. The van der Waals surface area contributed by atoms with E-state index in [0.29, 0.717) is 20.1 Å². The average molecular weight is 624 g/mol. The molecule has 0 saturated carbocycles. The van der Waals surface area contributed by atoms with Crippen molar-refractivity contribution in [3.63, 3.8) is 0 Å². The van der Waals surface area contributed by atoms with Crippen LogP contribution in [0.1, 0.15) is 11.1 Å². The van der Waals surface area contributed by atoms with Crippen molar-refractivity contribution < 1.29 is 0 Å². The Bertz CT molecular complexity index is 1680. The smallest absolute Gasteiger partial charge is 0.0412 e. The van der Waals surface area contributed by atoms with Gasteiger partial charge in [0.1, 0.15) is 0 Å². The molecular weight excluding hydrogens is 598 g/mol. The lowest BCUT2D eigenvalue weighted by Crippen LogP contribution is -1.98. The van der Waals surface area contributed by atoms with Gasteiger partial charge in [0.05, 0.1) is 0 Å². The zero-order chi connectivity index (χ0) is 29.4. The molecule has 0 heterocycles. The molecule has 0 saturated heterocycles. The standard InChI is InChI=1S/C38H26Cl4/c1-23-15-33(25-7-3-11-29(39)19-25)37(34(16-23)26-8-4-12-30(40)20-26)38-35(27-9-5-13-31(41)21-27)17-24(2)18-36(38)28-10-6-14-32(42)22-28/h3-22H,1-2H3. The van der Waals surface area contributed by atoms with E-state index in [1.54, 1.807) is 0 Å². The van der Waals surface area contributed by atoms with Crippen LogP contribution < -0.4 is 0 Å². The molecule has 0 bridgehead atoms. The van der Waals surface area contributed by atoms with Gasteiger partial charge in [-0.3, -0.25) is 0 Å². The topological polar surface area (TPSA) is 0 Å². The van der Waals surface area contributed by atoms with Crippen LogP contribution in [-0.2, 0) is 0 Å². The summed E-state index contributed by atoms with van der Waals surface area (Å²) in [6.45, 7) is 4.24. The van der Waals surface area contributed by atoms with Crippen molar-refractivity contribution >= 4 is 46.4 Å². The Morgan fingerprint density at radius 1 is 0.333 bits per heavy atom. The predicted octanol–water partition coefficient (Wildman–Crippen LogP) is 13.3. The van der Waals surface area contributed by atoms with Crippen LogP contribution in [0, 0.1) is 13.8 Å². The number of rotatable bonds is 5. The first kappa shape index (κ1) is 28.6. The normalized spacial score (nSPS) is 11.1. The maximum Gasteiger partial charge on any atom is 0.0412 e. The Morgan fingerprint density at radius 2 is 0.571 bits per heavy atom. The van der Waals surface area contributed by atoms with E-state index in [9.17, 15) is 0 Å². The molecule has 0 N–H and O–H groups in total. The van der Waals surface area contributed by atoms with Gasteiger partial charge in [-0.05, 0) is 129 Å². The number of halogens is 4. The van der Waals surface area contributed by atoms with Gasteiger partial charge >= 0.3 is 0 Å². The summed E-state index contributed by atoms with van der Waals surface area (Å²) in [6, 6.07) is 41.0. The number of aryl methyl sites for hydroxylation is 2. The Morgan fingerprint density at radius 3 is 0.786 bits per heavy atom. The lowest BCUT2D eigenvalue weighted by molar-refractivity contribution is 1.43. The van der Waals surface area contributed by atoms with Gasteiger partial charge in [-0.25, -0.2) is 0 Å². The van der Waals surface area contributed by atoms with Gasteiger partial charge in [0.15, 0.2) is 0 Å². The Labute approximate surface area is 267 Å². The quantitative estimate of drug-likeness (QED) is 0.179. The summed E-state index contributed by atoms with van der Waals surface area (Å²) in [6.07, 6.45) is 0. The maximum atomic E-state index is 6.57. The highest BCUT2D eigenvalue weighted by atomic mass is 35.5. The van der Waals surface area contributed by atoms with Crippen LogP contribution >= 0.6 is 46.4 Å². The highest BCUT2D eigenvalue weighted by Crippen LogP contribution is 2.50. The molecule has 0 aliphatic carbocycles. The van der Waals surface area contributed by atoms with Crippen molar-refractivity contribution in [2.45, 2.75) is 13.8 Å². The van der Waals surface area contributed by atoms with Crippen molar-refractivity contribution in [1.29, 1.82) is 0 Å². The van der Waals surface area contributed by atoms with Gasteiger partial charge in [-0.15, -0.1) is 0 Å². The molecule has 0 aliphatic heterocycles. The first-order valence-corrected chi connectivity index (χ1v) is 15.1. The molecule has 0 nitrogen and oxygen atoms in total. The summed E-state index contributed by atoms with van der Waals surface area (Å²) in [4.78, 5) is 0. The van der Waals surface area contributed by atoms with Crippen molar-refractivity contribution in [2.24, 2.45) is 0 Å². The second-order valence-corrected chi connectivity index (χ2v) is 12.3. The molecule has 6 aromatic rings. The molecule has 4 heteroatoms. The van der Waals surface area contributed by atoms with Crippen LogP contribution in [0.4, 0.5) is 0 Å². The number of benzene rings is 6. The largest absolute Gasteiger partial charge is 0.0843 e. The second-order valence-electron chi connectivity index (χ2n) is 10.5. The van der Waals surface area contributed by atoms with Crippen LogP contribution in [0.3, 0.4) is 0 Å². The van der Waals surface area contributed by atoms with Gasteiger partial charge in [-0.2, -0.15) is 0 Å². The molecule has 0 aliphatic rings. The molecule has 0 unspecified atom stereocenters. The molecule has 0 atom stereocenters. The molecular formula is C38H26Cl4. The summed E-state index contributed by atoms with van der Waals surface area (Å²) in [7, 11) is 0. The second kappa shape index (κ2) is 12.0. The fourth-order valence-electron chi connectivity index (χ4n) is 5.65. The summed E-state index contributed by atoms with van der Waals surface area (Å²) in [5.41, 5.74) is 12.8. The molecule has 206 valence electrons. The first-order chi connectivity index (χ1) is 20.3. The van der Waals surface area contributed by atoms with E-state index in [4.69, 9.17) is 46.4 Å².